The van der Waals surface area contributed by atoms with Crippen molar-refractivity contribution in [3.8, 4) is 0 Å². The first kappa shape index (κ1) is 12.2. The summed E-state index contributed by atoms with van der Waals surface area (Å²) in [7, 11) is 0. The molecule has 2 N–H and O–H groups in total. The third-order valence-electron chi connectivity index (χ3n) is 2.32. The van der Waals surface area contributed by atoms with Crippen LogP contribution in [0.25, 0.3) is 10.8 Å². The predicted octanol–water partition coefficient (Wildman–Crippen LogP) is 3.34. The zero-order valence-electron chi connectivity index (χ0n) is 8.82. The largest absolute Gasteiger partial charge is 0.465 e. The van der Waals surface area contributed by atoms with Crippen LogP contribution in [0.3, 0.4) is 0 Å². The van der Waals surface area contributed by atoms with Crippen LogP contribution in [0.15, 0.2) is 30.5 Å². The number of halogens is 3. The quantitative estimate of drug-likeness (QED) is 0.822. The van der Waals surface area contributed by atoms with E-state index in [9.17, 15) is 18.0 Å². The van der Waals surface area contributed by atoms with Gasteiger partial charge in [-0.05, 0) is 12.1 Å². The lowest BCUT2D eigenvalue weighted by molar-refractivity contribution is -0.139. The normalized spacial score (nSPS) is 11.5. The molecule has 0 saturated carbocycles. The average molecular weight is 256 g/mol. The Morgan fingerprint density at radius 1 is 1.22 bits per heavy atom. The topological polar surface area (TPSA) is 62.2 Å². The van der Waals surface area contributed by atoms with Crippen LogP contribution < -0.4 is 5.32 Å². The Kier molecular flexibility index (Phi) is 2.82. The summed E-state index contributed by atoms with van der Waals surface area (Å²) >= 11 is 0. The fourth-order valence-corrected chi connectivity index (χ4v) is 1.66. The van der Waals surface area contributed by atoms with Crippen molar-refractivity contribution in [2.45, 2.75) is 6.18 Å². The molecule has 94 valence electrons. The molecule has 2 rings (SSSR count). The van der Waals surface area contributed by atoms with Gasteiger partial charge in [0, 0.05) is 17.0 Å². The van der Waals surface area contributed by atoms with Crippen LogP contribution in [0.5, 0.6) is 0 Å². The second-order valence-electron chi connectivity index (χ2n) is 3.49. The number of pyridine rings is 1. The van der Waals surface area contributed by atoms with Crippen molar-refractivity contribution in [2.24, 2.45) is 0 Å². The fraction of sp³-hybridized carbons (Fsp3) is 0.0909. The molecule has 1 heterocycles. The van der Waals surface area contributed by atoms with Crippen LogP contribution in [-0.4, -0.2) is 16.2 Å². The first-order valence-corrected chi connectivity index (χ1v) is 4.84. The van der Waals surface area contributed by atoms with Crippen molar-refractivity contribution < 1.29 is 23.1 Å². The second kappa shape index (κ2) is 4.17. The standard InChI is InChI=1S/C11H7F3N2O2/c12-11(13,14)9-7-2-1-3-8(16-10(17)18)6(7)4-5-15-9/h1-5,16H,(H,17,18). The Hall–Kier alpha value is -2.31. The minimum absolute atomic E-state index is 0.0906. The van der Waals surface area contributed by atoms with Crippen LogP contribution in [0.1, 0.15) is 5.69 Å². The Labute approximate surface area is 99.1 Å². The van der Waals surface area contributed by atoms with Crippen molar-refractivity contribution >= 4 is 22.6 Å². The molecule has 0 fully saturated rings. The number of benzene rings is 1. The Bertz CT molecular complexity index is 611. The maximum atomic E-state index is 12.7. The number of rotatable bonds is 1. The predicted molar refractivity (Wildman–Crippen MR) is 58.4 cm³/mol. The summed E-state index contributed by atoms with van der Waals surface area (Å²) < 4.78 is 38.1. The van der Waals surface area contributed by atoms with Gasteiger partial charge in [0.05, 0.1) is 5.69 Å². The molecule has 4 nitrogen and oxygen atoms in total. The third-order valence-corrected chi connectivity index (χ3v) is 2.32. The molecule has 0 spiro atoms. The van der Waals surface area contributed by atoms with Gasteiger partial charge in [-0.3, -0.25) is 10.3 Å². The van der Waals surface area contributed by atoms with E-state index < -0.39 is 18.0 Å². The molecule has 1 aromatic heterocycles. The second-order valence-corrected chi connectivity index (χ2v) is 3.49. The number of alkyl halides is 3. The number of nitrogens with one attached hydrogen (secondary N) is 1. The minimum Gasteiger partial charge on any atom is -0.465 e. The van der Waals surface area contributed by atoms with Gasteiger partial charge >= 0.3 is 12.3 Å². The van der Waals surface area contributed by atoms with Crippen LogP contribution in [0.2, 0.25) is 0 Å². The van der Waals surface area contributed by atoms with Gasteiger partial charge in [-0.15, -0.1) is 0 Å². The zero-order valence-corrected chi connectivity index (χ0v) is 8.82. The van der Waals surface area contributed by atoms with Gasteiger partial charge in [0.15, 0.2) is 5.69 Å². The molecule has 7 heteroatoms. The number of nitrogens with zero attached hydrogens (tertiary/aromatic N) is 1. The summed E-state index contributed by atoms with van der Waals surface area (Å²) in [5, 5.41) is 10.7. The summed E-state index contributed by atoms with van der Waals surface area (Å²) in [5.41, 5.74) is -0.943. The van der Waals surface area contributed by atoms with Gasteiger partial charge < -0.3 is 5.11 Å². The summed E-state index contributed by atoms with van der Waals surface area (Å²) in [4.78, 5) is 13.8. The molecule has 0 atom stereocenters. The molecule has 18 heavy (non-hydrogen) atoms. The van der Waals surface area contributed by atoms with E-state index in [1.54, 1.807) is 0 Å². The van der Waals surface area contributed by atoms with Crippen molar-refractivity contribution in [1.82, 2.24) is 4.98 Å². The number of aromatic nitrogens is 1. The lowest BCUT2D eigenvalue weighted by atomic mass is 10.1. The van der Waals surface area contributed by atoms with Crippen molar-refractivity contribution in [2.75, 3.05) is 5.32 Å². The molecule has 1 aromatic carbocycles. The maximum absolute atomic E-state index is 12.7. The van der Waals surface area contributed by atoms with E-state index in [2.05, 4.69) is 4.98 Å². The highest BCUT2D eigenvalue weighted by Crippen LogP contribution is 2.35. The Balaban J connectivity index is 2.69. The SMILES string of the molecule is O=C(O)Nc1cccc2c(C(F)(F)F)nccc12. The number of hydrogen-bond donors (Lipinski definition) is 2. The molecule has 0 aliphatic carbocycles. The van der Waals surface area contributed by atoms with Crippen LogP contribution in [0.4, 0.5) is 23.7 Å². The minimum atomic E-state index is -4.58. The third kappa shape index (κ3) is 2.20. The van der Waals surface area contributed by atoms with E-state index in [1.807, 2.05) is 5.32 Å². The summed E-state index contributed by atoms with van der Waals surface area (Å²) in [5.74, 6) is 0. The molecule has 0 unspecified atom stereocenters. The van der Waals surface area contributed by atoms with E-state index in [0.717, 1.165) is 6.20 Å². The van der Waals surface area contributed by atoms with Crippen molar-refractivity contribution in [1.29, 1.82) is 0 Å². The lowest BCUT2D eigenvalue weighted by Gasteiger charge is -2.11. The summed E-state index contributed by atoms with van der Waals surface area (Å²) in [6.07, 6.45) is -4.92. The highest BCUT2D eigenvalue weighted by molar-refractivity contribution is 6.00. The molecule has 0 aliphatic heterocycles. The average Bonchev–Trinajstić information content (AvgIpc) is 2.26. The number of carboxylic acid groups (broad SMARTS) is 1. The van der Waals surface area contributed by atoms with Gasteiger partial charge in [0.1, 0.15) is 0 Å². The van der Waals surface area contributed by atoms with Crippen molar-refractivity contribution in [3.05, 3.63) is 36.2 Å². The van der Waals surface area contributed by atoms with Gasteiger partial charge in [-0.1, -0.05) is 12.1 Å². The van der Waals surface area contributed by atoms with E-state index >= 15 is 0 Å². The van der Waals surface area contributed by atoms with Crippen LogP contribution in [0, 0.1) is 0 Å². The van der Waals surface area contributed by atoms with E-state index in [4.69, 9.17) is 5.11 Å². The smallest absolute Gasteiger partial charge is 0.433 e. The van der Waals surface area contributed by atoms with E-state index in [-0.39, 0.29) is 16.5 Å². The van der Waals surface area contributed by atoms with Gasteiger partial charge in [-0.2, -0.15) is 13.2 Å². The molecule has 2 aromatic rings. The number of anilines is 1. The highest BCUT2D eigenvalue weighted by atomic mass is 19.4. The Morgan fingerprint density at radius 3 is 2.56 bits per heavy atom. The van der Waals surface area contributed by atoms with Crippen LogP contribution >= 0.6 is 0 Å². The molecule has 0 radical (unpaired) electrons. The summed E-state index contributed by atoms with van der Waals surface area (Å²) in [6, 6.07) is 5.30. The molecule has 0 bridgehead atoms. The van der Waals surface area contributed by atoms with Gasteiger partial charge in [-0.25, -0.2) is 4.79 Å². The van der Waals surface area contributed by atoms with Crippen LogP contribution in [-0.2, 0) is 6.18 Å². The molecular weight excluding hydrogens is 249 g/mol. The van der Waals surface area contributed by atoms with Crippen molar-refractivity contribution in [3.63, 3.8) is 0 Å². The van der Waals surface area contributed by atoms with Gasteiger partial charge in [0.25, 0.3) is 0 Å². The van der Waals surface area contributed by atoms with Gasteiger partial charge in [0.2, 0.25) is 0 Å². The number of carbonyl (C=O) groups is 1. The molecule has 0 aliphatic rings. The summed E-state index contributed by atoms with van der Waals surface area (Å²) in [6.45, 7) is 0. The lowest BCUT2D eigenvalue weighted by Crippen LogP contribution is -2.10. The van der Waals surface area contributed by atoms with E-state index in [0.29, 0.717) is 0 Å². The molecule has 0 saturated heterocycles. The molecule has 1 amide bonds. The fourth-order valence-electron chi connectivity index (χ4n) is 1.66. The maximum Gasteiger partial charge on any atom is 0.433 e. The zero-order chi connectivity index (χ0) is 13.3. The first-order chi connectivity index (χ1) is 8.39. The number of fused-ring (bicyclic) bond motifs is 1. The Morgan fingerprint density at radius 2 is 1.94 bits per heavy atom. The number of amides is 1. The monoisotopic (exact) mass is 256 g/mol. The molecular formula is C11H7F3N2O2. The first-order valence-electron chi connectivity index (χ1n) is 4.84. The van der Waals surface area contributed by atoms with E-state index in [1.165, 1.54) is 24.3 Å². The number of hydrogen-bond acceptors (Lipinski definition) is 2. The highest BCUT2D eigenvalue weighted by Gasteiger charge is 2.34.